The quantitative estimate of drug-likeness (QED) is 0.559. The van der Waals surface area contributed by atoms with Crippen molar-refractivity contribution in [3.8, 4) is 0 Å². The summed E-state index contributed by atoms with van der Waals surface area (Å²) in [6, 6.07) is 0. The molecule has 2 fully saturated rings. The molecule has 17 heavy (non-hydrogen) atoms. The lowest BCUT2D eigenvalue weighted by Gasteiger charge is -2.27. The topological polar surface area (TPSA) is 48.1 Å². The Labute approximate surface area is 103 Å². The normalized spacial score (nSPS) is 40.3. The Bertz CT molecular complexity index is 304. The molecule has 0 bridgehead atoms. The molecule has 2 heterocycles. The van der Waals surface area contributed by atoms with E-state index >= 15 is 0 Å². The van der Waals surface area contributed by atoms with E-state index < -0.39 is 5.60 Å². The van der Waals surface area contributed by atoms with Crippen LogP contribution in [-0.4, -0.2) is 36.5 Å². The van der Waals surface area contributed by atoms with Crippen LogP contribution in [0.3, 0.4) is 0 Å². The monoisotopic (exact) mass is 242 g/mol. The number of epoxide rings is 1. The van der Waals surface area contributed by atoms with E-state index in [0.717, 1.165) is 25.7 Å². The van der Waals surface area contributed by atoms with Gasteiger partial charge in [0.15, 0.2) is 5.60 Å². The third-order valence-electron chi connectivity index (χ3n) is 3.80. The molecule has 3 atom stereocenters. The molecule has 0 saturated carbocycles. The van der Waals surface area contributed by atoms with Crippen LogP contribution >= 0.6 is 0 Å². The van der Waals surface area contributed by atoms with Gasteiger partial charge in [-0.15, -0.1) is 0 Å². The molecule has 0 radical (unpaired) electrons. The Morgan fingerprint density at radius 2 is 2.24 bits per heavy atom. The largest absolute Gasteiger partial charge is 0.464 e. The summed E-state index contributed by atoms with van der Waals surface area (Å²) in [6.45, 7) is 7.02. The third-order valence-corrected chi connectivity index (χ3v) is 3.80. The number of ether oxygens (including phenoxy) is 3. The van der Waals surface area contributed by atoms with Crippen LogP contribution in [0.15, 0.2) is 0 Å². The molecule has 2 rings (SSSR count). The predicted octanol–water partition coefficient (Wildman–Crippen LogP) is 2.06. The van der Waals surface area contributed by atoms with Crippen molar-refractivity contribution in [1.82, 2.24) is 0 Å². The van der Waals surface area contributed by atoms with Gasteiger partial charge in [0, 0.05) is 19.4 Å². The van der Waals surface area contributed by atoms with Crippen LogP contribution in [0.5, 0.6) is 0 Å². The highest BCUT2D eigenvalue weighted by Crippen LogP contribution is 2.58. The summed E-state index contributed by atoms with van der Waals surface area (Å²) in [5.74, 6) is -0.184. The molecule has 2 saturated heterocycles. The van der Waals surface area contributed by atoms with Crippen molar-refractivity contribution >= 4 is 5.97 Å². The summed E-state index contributed by atoms with van der Waals surface area (Å²) < 4.78 is 16.6. The maximum Gasteiger partial charge on any atom is 0.341 e. The molecule has 0 aromatic carbocycles. The fourth-order valence-corrected chi connectivity index (χ4v) is 3.03. The molecule has 4 heteroatoms. The van der Waals surface area contributed by atoms with Crippen molar-refractivity contribution in [3.05, 3.63) is 0 Å². The lowest BCUT2D eigenvalue weighted by Crippen LogP contribution is -2.41. The average Bonchev–Trinajstić information content (AvgIpc) is 2.87. The van der Waals surface area contributed by atoms with Crippen molar-refractivity contribution in [2.45, 2.75) is 63.8 Å². The summed E-state index contributed by atoms with van der Waals surface area (Å²) >= 11 is 0. The van der Waals surface area contributed by atoms with E-state index in [1.54, 1.807) is 0 Å². The molecule has 2 aliphatic heterocycles. The molecular formula is C13H22O4. The van der Waals surface area contributed by atoms with Crippen molar-refractivity contribution in [2.24, 2.45) is 0 Å². The second-order valence-corrected chi connectivity index (χ2v) is 5.03. The standard InChI is InChI=1S/C13H22O4/c1-4-6-13(11(14)15-5-2)12(17-13)7-8-16-10(3)9-12/h10H,4-9H2,1-3H3. The molecule has 1 spiro atoms. The lowest BCUT2D eigenvalue weighted by molar-refractivity contribution is -0.150. The second kappa shape index (κ2) is 4.58. The highest BCUT2D eigenvalue weighted by Gasteiger charge is 2.75. The molecule has 0 N–H and O–H groups in total. The summed E-state index contributed by atoms with van der Waals surface area (Å²) in [5.41, 5.74) is -0.997. The lowest BCUT2D eigenvalue weighted by atomic mass is 9.81. The number of esters is 1. The van der Waals surface area contributed by atoms with Gasteiger partial charge in [0.2, 0.25) is 0 Å². The van der Waals surface area contributed by atoms with Crippen LogP contribution in [0.25, 0.3) is 0 Å². The molecule has 3 unspecified atom stereocenters. The van der Waals surface area contributed by atoms with Gasteiger partial charge in [-0.25, -0.2) is 4.79 Å². The van der Waals surface area contributed by atoms with Crippen LogP contribution < -0.4 is 0 Å². The first kappa shape index (κ1) is 12.8. The number of hydrogen-bond donors (Lipinski definition) is 0. The van der Waals surface area contributed by atoms with Crippen LogP contribution in [0.4, 0.5) is 0 Å². The van der Waals surface area contributed by atoms with Crippen molar-refractivity contribution in [1.29, 1.82) is 0 Å². The number of rotatable bonds is 4. The van der Waals surface area contributed by atoms with Gasteiger partial charge < -0.3 is 14.2 Å². The molecule has 0 aromatic heterocycles. The number of carbonyl (C=O) groups is 1. The first-order valence-electron chi connectivity index (χ1n) is 6.59. The van der Waals surface area contributed by atoms with Crippen LogP contribution in [0.1, 0.15) is 46.5 Å². The minimum absolute atomic E-state index is 0.164. The highest BCUT2D eigenvalue weighted by atomic mass is 16.7. The Morgan fingerprint density at radius 1 is 1.47 bits per heavy atom. The van der Waals surface area contributed by atoms with Crippen molar-refractivity contribution < 1.29 is 19.0 Å². The highest BCUT2D eigenvalue weighted by molar-refractivity contribution is 5.85. The smallest absolute Gasteiger partial charge is 0.341 e. The summed E-state index contributed by atoms with van der Waals surface area (Å²) in [4.78, 5) is 12.1. The van der Waals surface area contributed by atoms with E-state index in [4.69, 9.17) is 14.2 Å². The third kappa shape index (κ3) is 1.97. The van der Waals surface area contributed by atoms with Gasteiger partial charge in [0.25, 0.3) is 0 Å². The molecule has 0 aromatic rings. The van der Waals surface area contributed by atoms with E-state index in [0.29, 0.717) is 13.2 Å². The maximum absolute atomic E-state index is 12.1. The first-order chi connectivity index (χ1) is 8.10. The Balaban J connectivity index is 2.13. The fourth-order valence-electron chi connectivity index (χ4n) is 3.03. The number of hydrogen-bond acceptors (Lipinski definition) is 4. The molecule has 0 amide bonds. The Morgan fingerprint density at radius 3 is 2.82 bits per heavy atom. The van der Waals surface area contributed by atoms with E-state index in [1.807, 2.05) is 13.8 Å². The predicted molar refractivity (Wildman–Crippen MR) is 62.7 cm³/mol. The summed E-state index contributed by atoms with van der Waals surface area (Å²) in [7, 11) is 0. The van der Waals surface area contributed by atoms with Gasteiger partial charge in [-0.2, -0.15) is 0 Å². The van der Waals surface area contributed by atoms with E-state index in [1.165, 1.54) is 0 Å². The van der Waals surface area contributed by atoms with Crippen molar-refractivity contribution in [3.63, 3.8) is 0 Å². The number of carbonyl (C=O) groups excluding carboxylic acids is 1. The SMILES string of the molecule is CCCC1(C(=O)OCC)OC12CCOC(C)C2. The van der Waals surface area contributed by atoms with Gasteiger partial charge in [-0.1, -0.05) is 13.3 Å². The van der Waals surface area contributed by atoms with Gasteiger partial charge >= 0.3 is 5.97 Å². The van der Waals surface area contributed by atoms with E-state index in [9.17, 15) is 4.79 Å². The maximum atomic E-state index is 12.1. The van der Waals surface area contributed by atoms with E-state index in [-0.39, 0.29) is 17.7 Å². The zero-order valence-electron chi connectivity index (χ0n) is 11.0. The molecular weight excluding hydrogens is 220 g/mol. The van der Waals surface area contributed by atoms with Gasteiger partial charge in [-0.05, 0) is 20.3 Å². The molecule has 2 aliphatic rings. The molecule has 0 aliphatic carbocycles. The van der Waals surface area contributed by atoms with Gasteiger partial charge in [0.05, 0.1) is 12.7 Å². The minimum Gasteiger partial charge on any atom is -0.464 e. The zero-order chi connectivity index (χ0) is 12.5. The second-order valence-electron chi connectivity index (χ2n) is 5.03. The Kier molecular flexibility index (Phi) is 3.46. The van der Waals surface area contributed by atoms with Crippen LogP contribution in [0, 0.1) is 0 Å². The molecule has 98 valence electrons. The van der Waals surface area contributed by atoms with E-state index in [2.05, 4.69) is 6.92 Å². The van der Waals surface area contributed by atoms with Crippen molar-refractivity contribution in [2.75, 3.05) is 13.2 Å². The van der Waals surface area contributed by atoms with Gasteiger partial charge in [0.1, 0.15) is 5.60 Å². The molecule has 4 nitrogen and oxygen atoms in total. The van der Waals surface area contributed by atoms with Gasteiger partial charge in [-0.3, -0.25) is 0 Å². The zero-order valence-corrected chi connectivity index (χ0v) is 11.0. The summed E-state index contributed by atoms with van der Waals surface area (Å²) in [6.07, 6.45) is 3.44. The Hall–Kier alpha value is -0.610. The first-order valence-corrected chi connectivity index (χ1v) is 6.59. The minimum atomic E-state index is -0.685. The average molecular weight is 242 g/mol. The fraction of sp³-hybridized carbons (Fsp3) is 0.923. The summed E-state index contributed by atoms with van der Waals surface area (Å²) in [5, 5.41) is 0. The van der Waals surface area contributed by atoms with Crippen LogP contribution in [-0.2, 0) is 19.0 Å². The van der Waals surface area contributed by atoms with Crippen LogP contribution in [0.2, 0.25) is 0 Å².